The van der Waals surface area contributed by atoms with Crippen molar-refractivity contribution in [3.05, 3.63) is 0 Å². The first-order chi connectivity index (χ1) is 5.68. The number of hydrogen-bond donors (Lipinski definition) is 0. The fraction of sp³-hybridized carbons (Fsp3) is 0.667. The molecule has 66 valence electrons. The standard InChI is InChI=1S/C9H11ClO2/c1-2-9(12-8(10)11)6-4-3-5-7-9/h1H,3-7H2. The lowest BCUT2D eigenvalue weighted by Gasteiger charge is -2.30. The molecule has 1 aliphatic carbocycles. The molecule has 1 aliphatic rings. The minimum Gasteiger partial charge on any atom is -0.434 e. The predicted molar refractivity (Wildman–Crippen MR) is 47.0 cm³/mol. The van der Waals surface area contributed by atoms with E-state index in [1.165, 1.54) is 0 Å². The van der Waals surface area contributed by atoms with E-state index >= 15 is 0 Å². The van der Waals surface area contributed by atoms with Crippen LogP contribution in [0.25, 0.3) is 0 Å². The zero-order valence-corrected chi connectivity index (χ0v) is 7.56. The number of rotatable bonds is 1. The van der Waals surface area contributed by atoms with Crippen LogP contribution in [0.5, 0.6) is 0 Å². The van der Waals surface area contributed by atoms with E-state index < -0.39 is 11.0 Å². The number of halogens is 1. The topological polar surface area (TPSA) is 26.3 Å². The van der Waals surface area contributed by atoms with E-state index in [1.807, 2.05) is 0 Å². The van der Waals surface area contributed by atoms with Gasteiger partial charge in [0, 0.05) is 11.6 Å². The Balaban J connectivity index is 2.61. The molecule has 0 radical (unpaired) electrons. The second kappa shape index (κ2) is 3.82. The van der Waals surface area contributed by atoms with Gasteiger partial charge in [0.05, 0.1) is 0 Å². The molecule has 0 aromatic carbocycles. The predicted octanol–water partition coefficient (Wildman–Crippen LogP) is 2.70. The molecule has 1 saturated carbocycles. The highest BCUT2D eigenvalue weighted by Crippen LogP contribution is 2.31. The van der Waals surface area contributed by atoms with Gasteiger partial charge in [0.1, 0.15) is 0 Å². The third-order valence-corrected chi connectivity index (χ3v) is 2.28. The van der Waals surface area contributed by atoms with Gasteiger partial charge in [-0.25, -0.2) is 4.79 Å². The molecule has 0 atom stereocenters. The van der Waals surface area contributed by atoms with Gasteiger partial charge in [-0.05, 0) is 25.7 Å². The largest absolute Gasteiger partial charge is 0.434 e. The van der Waals surface area contributed by atoms with E-state index in [0.717, 1.165) is 32.1 Å². The van der Waals surface area contributed by atoms with Crippen LogP contribution in [0.2, 0.25) is 0 Å². The van der Waals surface area contributed by atoms with Crippen LogP contribution in [-0.4, -0.2) is 11.0 Å². The minimum absolute atomic E-state index is 0.711. The summed E-state index contributed by atoms with van der Waals surface area (Å²) in [6.45, 7) is 0. The first-order valence-corrected chi connectivity index (χ1v) is 4.43. The van der Waals surface area contributed by atoms with Crippen molar-refractivity contribution in [3.8, 4) is 12.3 Å². The average Bonchev–Trinajstić information content (AvgIpc) is 2.05. The summed E-state index contributed by atoms with van der Waals surface area (Å²) in [6, 6.07) is 0. The quantitative estimate of drug-likeness (QED) is 0.465. The molecule has 1 rings (SSSR count). The molecule has 0 bridgehead atoms. The Morgan fingerprint density at radius 1 is 1.42 bits per heavy atom. The van der Waals surface area contributed by atoms with Crippen molar-refractivity contribution in [2.75, 3.05) is 0 Å². The van der Waals surface area contributed by atoms with Crippen LogP contribution in [0, 0.1) is 12.3 Å². The second-order valence-corrected chi connectivity index (χ2v) is 3.35. The van der Waals surface area contributed by atoms with Crippen LogP contribution in [0.3, 0.4) is 0 Å². The molecule has 0 unspecified atom stereocenters. The maximum Gasteiger partial charge on any atom is 0.405 e. The van der Waals surface area contributed by atoms with Gasteiger partial charge >= 0.3 is 5.43 Å². The Labute approximate surface area is 77.2 Å². The van der Waals surface area contributed by atoms with Crippen LogP contribution in [0.4, 0.5) is 4.79 Å². The number of carbonyl (C=O) groups excluding carboxylic acids is 1. The van der Waals surface area contributed by atoms with Gasteiger partial charge in [0.2, 0.25) is 0 Å². The SMILES string of the molecule is C#CC1(OC(=O)Cl)CCCCC1. The first kappa shape index (κ1) is 9.41. The fourth-order valence-corrected chi connectivity index (χ4v) is 1.70. The third-order valence-electron chi connectivity index (χ3n) is 2.20. The molecule has 0 aliphatic heterocycles. The van der Waals surface area contributed by atoms with E-state index in [2.05, 4.69) is 5.92 Å². The van der Waals surface area contributed by atoms with Gasteiger partial charge in [-0.2, -0.15) is 0 Å². The molecular weight excluding hydrogens is 176 g/mol. The van der Waals surface area contributed by atoms with Gasteiger partial charge < -0.3 is 4.74 Å². The Bertz CT molecular complexity index is 211. The summed E-state index contributed by atoms with van der Waals surface area (Å²) >= 11 is 5.12. The molecule has 1 fully saturated rings. The molecule has 3 heteroatoms. The van der Waals surface area contributed by atoms with Gasteiger partial charge in [-0.15, -0.1) is 6.42 Å². The monoisotopic (exact) mass is 186 g/mol. The molecule has 0 aromatic heterocycles. The molecule has 2 nitrogen and oxygen atoms in total. The third kappa shape index (κ3) is 2.15. The van der Waals surface area contributed by atoms with Crippen molar-refractivity contribution < 1.29 is 9.53 Å². The Kier molecular flexibility index (Phi) is 2.99. The molecule has 12 heavy (non-hydrogen) atoms. The summed E-state index contributed by atoms with van der Waals surface area (Å²) in [4.78, 5) is 10.5. The van der Waals surface area contributed by atoms with Crippen LogP contribution < -0.4 is 0 Å². The van der Waals surface area contributed by atoms with Crippen molar-refractivity contribution >= 4 is 17.0 Å². The van der Waals surface area contributed by atoms with E-state index in [1.54, 1.807) is 0 Å². The summed E-state index contributed by atoms with van der Waals surface area (Å²) in [5, 5.41) is 0. The van der Waals surface area contributed by atoms with Crippen LogP contribution in [0.1, 0.15) is 32.1 Å². The molecule has 0 N–H and O–H groups in total. The molecular formula is C9H11ClO2. The van der Waals surface area contributed by atoms with Crippen molar-refractivity contribution in [1.82, 2.24) is 0 Å². The molecule has 0 aromatic rings. The molecule has 0 saturated heterocycles. The number of hydrogen-bond acceptors (Lipinski definition) is 2. The molecule has 0 amide bonds. The van der Waals surface area contributed by atoms with Gasteiger partial charge in [-0.1, -0.05) is 12.3 Å². The fourth-order valence-electron chi connectivity index (χ4n) is 1.55. The van der Waals surface area contributed by atoms with E-state index in [9.17, 15) is 4.79 Å². The van der Waals surface area contributed by atoms with Crippen LogP contribution in [0.15, 0.2) is 0 Å². The maximum atomic E-state index is 10.5. The Morgan fingerprint density at radius 3 is 2.42 bits per heavy atom. The number of ether oxygens (including phenoxy) is 1. The molecule has 0 heterocycles. The maximum absolute atomic E-state index is 10.5. The summed E-state index contributed by atoms with van der Waals surface area (Å²) in [7, 11) is 0. The number of terminal acetylenes is 1. The highest BCUT2D eigenvalue weighted by atomic mass is 35.5. The zero-order valence-electron chi connectivity index (χ0n) is 6.81. The summed E-state index contributed by atoms with van der Waals surface area (Å²) < 4.78 is 4.92. The lowest BCUT2D eigenvalue weighted by molar-refractivity contribution is 0.0438. The second-order valence-electron chi connectivity index (χ2n) is 3.04. The Hall–Kier alpha value is -0.680. The average molecular weight is 187 g/mol. The highest BCUT2D eigenvalue weighted by Gasteiger charge is 2.33. The van der Waals surface area contributed by atoms with E-state index in [-0.39, 0.29) is 0 Å². The summed E-state index contributed by atoms with van der Waals surface area (Å²) in [5.74, 6) is 2.52. The Morgan fingerprint density at radius 2 is 2.00 bits per heavy atom. The van der Waals surface area contributed by atoms with E-state index in [0.29, 0.717) is 0 Å². The van der Waals surface area contributed by atoms with Crippen molar-refractivity contribution in [2.45, 2.75) is 37.7 Å². The zero-order chi connectivity index (χ0) is 9.03. The van der Waals surface area contributed by atoms with Crippen molar-refractivity contribution in [1.29, 1.82) is 0 Å². The van der Waals surface area contributed by atoms with E-state index in [4.69, 9.17) is 22.8 Å². The van der Waals surface area contributed by atoms with Crippen molar-refractivity contribution in [2.24, 2.45) is 0 Å². The smallest absolute Gasteiger partial charge is 0.405 e. The van der Waals surface area contributed by atoms with Gasteiger partial charge in [0.25, 0.3) is 0 Å². The minimum atomic E-state index is -0.796. The van der Waals surface area contributed by atoms with Crippen molar-refractivity contribution in [3.63, 3.8) is 0 Å². The van der Waals surface area contributed by atoms with Crippen LogP contribution >= 0.6 is 11.6 Å². The number of carbonyl (C=O) groups is 1. The van der Waals surface area contributed by atoms with Gasteiger partial charge in [0.15, 0.2) is 5.60 Å². The molecule has 0 spiro atoms. The lowest BCUT2D eigenvalue weighted by Crippen LogP contribution is -2.34. The lowest BCUT2D eigenvalue weighted by atomic mass is 9.85. The van der Waals surface area contributed by atoms with Crippen LogP contribution in [-0.2, 0) is 4.74 Å². The summed E-state index contributed by atoms with van der Waals surface area (Å²) in [6.07, 6.45) is 9.95. The summed E-state index contributed by atoms with van der Waals surface area (Å²) in [5.41, 5.74) is -1.51. The van der Waals surface area contributed by atoms with Gasteiger partial charge in [-0.3, -0.25) is 0 Å². The normalized spacial score (nSPS) is 21.0. The highest BCUT2D eigenvalue weighted by molar-refractivity contribution is 6.61. The first-order valence-electron chi connectivity index (χ1n) is 4.05.